The van der Waals surface area contributed by atoms with Gasteiger partial charge in [0.15, 0.2) is 0 Å². The van der Waals surface area contributed by atoms with Gasteiger partial charge in [0.25, 0.3) is 0 Å². The highest BCUT2D eigenvalue weighted by molar-refractivity contribution is 7.84. The van der Waals surface area contributed by atoms with Crippen molar-refractivity contribution in [3.8, 4) is 0 Å². The van der Waals surface area contributed by atoms with Crippen LogP contribution in [0.15, 0.2) is 30.3 Å². The number of alkyl halides is 3. The van der Waals surface area contributed by atoms with E-state index in [1.165, 1.54) is 4.31 Å². The Morgan fingerprint density at radius 1 is 1.32 bits per heavy atom. The highest BCUT2D eigenvalue weighted by atomic mass is 35.6. The maximum Gasteiger partial charge on any atom is 0.339 e. The van der Waals surface area contributed by atoms with Crippen molar-refractivity contribution in [2.45, 2.75) is 16.3 Å². The normalized spacial score (nSPS) is 27.3. The van der Waals surface area contributed by atoms with Crippen molar-refractivity contribution < 1.29 is 12.6 Å². The van der Waals surface area contributed by atoms with E-state index in [0.717, 1.165) is 5.56 Å². The lowest BCUT2D eigenvalue weighted by Crippen LogP contribution is -2.25. The Morgan fingerprint density at radius 2 is 1.89 bits per heavy atom. The van der Waals surface area contributed by atoms with E-state index in [0.29, 0.717) is 6.54 Å². The molecule has 2 atom stereocenters. The summed E-state index contributed by atoms with van der Waals surface area (Å²) in [6.45, 7) is 1.65. The average molecular weight is 345 g/mol. The van der Waals surface area contributed by atoms with Gasteiger partial charge in [-0.3, -0.25) is 4.18 Å². The summed E-state index contributed by atoms with van der Waals surface area (Å²) in [5.74, 6) is 0. The first-order valence-electron chi connectivity index (χ1n) is 5.45. The van der Waals surface area contributed by atoms with Gasteiger partial charge < -0.3 is 0 Å². The third-order valence-electron chi connectivity index (χ3n) is 2.94. The highest BCUT2D eigenvalue weighted by Gasteiger charge is 2.57. The first-order chi connectivity index (χ1) is 8.65. The molecule has 0 amide bonds. The molecule has 2 rings (SSSR count). The van der Waals surface area contributed by atoms with E-state index in [-0.39, 0.29) is 0 Å². The van der Waals surface area contributed by atoms with Crippen LogP contribution in [0.2, 0.25) is 0 Å². The van der Waals surface area contributed by atoms with Crippen LogP contribution >= 0.6 is 34.8 Å². The number of hydrogen-bond donors (Lipinski definition) is 0. The molecule has 1 aliphatic heterocycles. The molecule has 0 bridgehead atoms. The predicted octanol–water partition coefficient (Wildman–Crippen LogP) is 2.85. The number of benzene rings is 1. The van der Waals surface area contributed by atoms with E-state index >= 15 is 0 Å². The summed E-state index contributed by atoms with van der Waals surface area (Å²) in [6.07, 6.45) is 0. The number of hydrogen-bond acceptors (Lipinski definition) is 3. The zero-order valence-electron chi connectivity index (χ0n) is 10.0. The Morgan fingerprint density at radius 3 is 2.42 bits per heavy atom. The monoisotopic (exact) mass is 343 g/mol. The van der Waals surface area contributed by atoms with Gasteiger partial charge in [0, 0.05) is 6.54 Å². The number of rotatable bonds is 4. The van der Waals surface area contributed by atoms with E-state index in [1.807, 2.05) is 37.3 Å². The Bertz CT molecular complexity index is 558. The fourth-order valence-corrected chi connectivity index (χ4v) is 3.63. The van der Waals surface area contributed by atoms with Crippen molar-refractivity contribution in [2.75, 3.05) is 13.2 Å². The minimum Gasteiger partial charge on any atom is -0.253 e. The van der Waals surface area contributed by atoms with Crippen LogP contribution in [-0.2, 0) is 20.0 Å². The van der Waals surface area contributed by atoms with Gasteiger partial charge in [0.1, 0.15) is 6.61 Å². The molecule has 1 unspecified atom stereocenters. The fraction of sp³-hybridized carbons (Fsp3) is 0.455. The molecule has 1 saturated heterocycles. The Labute approximate surface area is 127 Å². The van der Waals surface area contributed by atoms with Gasteiger partial charge in [0.2, 0.25) is 3.79 Å². The van der Waals surface area contributed by atoms with Crippen molar-refractivity contribution in [3.63, 3.8) is 0 Å². The molecule has 1 aromatic carbocycles. The Balaban J connectivity index is 2.10. The molecule has 4 nitrogen and oxygen atoms in total. The fourth-order valence-electron chi connectivity index (χ4n) is 1.81. The maximum absolute atomic E-state index is 12.0. The van der Waals surface area contributed by atoms with Gasteiger partial charge >= 0.3 is 10.3 Å². The molecule has 8 heteroatoms. The quantitative estimate of drug-likeness (QED) is 0.623. The van der Waals surface area contributed by atoms with Crippen LogP contribution in [-0.4, -0.2) is 29.7 Å². The van der Waals surface area contributed by atoms with Gasteiger partial charge in [-0.05, 0) is 12.5 Å². The lowest BCUT2D eigenvalue weighted by Gasteiger charge is -2.15. The van der Waals surface area contributed by atoms with Crippen LogP contribution in [0, 0.1) is 0 Å². The topological polar surface area (TPSA) is 46.4 Å². The lowest BCUT2D eigenvalue weighted by atomic mass is 10.0. The zero-order valence-corrected chi connectivity index (χ0v) is 13.1. The number of nitrogens with zero attached hydrogens (tertiary/aromatic N) is 1. The summed E-state index contributed by atoms with van der Waals surface area (Å²) in [5, 5.41) is 0. The second-order valence-electron chi connectivity index (χ2n) is 4.48. The first kappa shape index (κ1) is 15.4. The lowest BCUT2D eigenvalue weighted by molar-refractivity contribution is 0.299. The van der Waals surface area contributed by atoms with Crippen LogP contribution in [0.1, 0.15) is 12.5 Å². The summed E-state index contributed by atoms with van der Waals surface area (Å²) >= 11 is 16.4. The maximum atomic E-state index is 12.0. The zero-order chi connectivity index (χ0) is 14.3. The average Bonchev–Trinajstić information content (AvgIpc) is 3.02. The largest absolute Gasteiger partial charge is 0.339 e. The highest BCUT2D eigenvalue weighted by Crippen LogP contribution is 2.45. The van der Waals surface area contributed by atoms with Crippen molar-refractivity contribution in [1.82, 2.24) is 4.31 Å². The smallest absolute Gasteiger partial charge is 0.253 e. The molecule has 0 radical (unpaired) electrons. The Kier molecular flexibility index (Phi) is 4.09. The molecule has 0 N–H and O–H groups in total. The number of halogens is 3. The van der Waals surface area contributed by atoms with Crippen LogP contribution in [0.3, 0.4) is 0 Å². The van der Waals surface area contributed by atoms with E-state index in [4.69, 9.17) is 39.0 Å². The van der Waals surface area contributed by atoms with E-state index in [9.17, 15) is 8.42 Å². The predicted molar refractivity (Wildman–Crippen MR) is 75.7 cm³/mol. The molecule has 19 heavy (non-hydrogen) atoms. The third kappa shape index (κ3) is 3.54. The van der Waals surface area contributed by atoms with Crippen LogP contribution in [0.5, 0.6) is 0 Å². The molecule has 1 aromatic rings. The summed E-state index contributed by atoms with van der Waals surface area (Å²) in [5.41, 5.74) is 0.310. The molecule has 0 aliphatic carbocycles. The molecular formula is C11H12Cl3NO3S. The van der Waals surface area contributed by atoms with Gasteiger partial charge in [0.05, 0.1) is 5.54 Å². The molecule has 0 aromatic heterocycles. The van der Waals surface area contributed by atoms with E-state index < -0.39 is 26.2 Å². The van der Waals surface area contributed by atoms with Gasteiger partial charge in [-0.2, -0.15) is 12.7 Å². The summed E-state index contributed by atoms with van der Waals surface area (Å²) in [6, 6.07) is 9.31. The van der Waals surface area contributed by atoms with Crippen LogP contribution in [0.25, 0.3) is 0 Å². The Hall–Kier alpha value is -0.0400. The van der Waals surface area contributed by atoms with Crippen LogP contribution < -0.4 is 0 Å². The summed E-state index contributed by atoms with van der Waals surface area (Å²) < 4.78 is 28.1. The standard InChI is InChI=1S/C11H12Cl3NO3S/c1-10(9-5-3-2-4-6-9)7-15(10)19(16,17)18-8-11(12,13)14/h2-6H,7-8H2,1H3/t10-,15?/m1/s1. The molecule has 0 saturated carbocycles. The molecule has 1 heterocycles. The van der Waals surface area contributed by atoms with Gasteiger partial charge in [-0.1, -0.05) is 65.1 Å². The summed E-state index contributed by atoms with van der Waals surface area (Å²) in [7, 11) is -3.90. The molecular weight excluding hydrogens is 333 g/mol. The van der Waals surface area contributed by atoms with Crippen molar-refractivity contribution in [1.29, 1.82) is 0 Å². The first-order valence-corrected chi connectivity index (χ1v) is 7.94. The molecule has 1 fully saturated rings. The molecule has 106 valence electrons. The minimum atomic E-state index is -3.90. The van der Waals surface area contributed by atoms with Gasteiger partial charge in [-0.25, -0.2) is 0 Å². The SMILES string of the molecule is C[C@]1(c2ccccc2)CN1S(=O)(=O)OCC(Cl)(Cl)Cl. The van der Waals surface area contributed by atoms with Crippen LogP contribution in [0.4, 0.5) is 0 Å². The van der Waals surface area contributed by atoms with Crippen molar-refractivity contribution >= 4 is 45.1 Å². The van der Waals surface area contributed by atoms with E-state index in [1.54, 1.807) is 0 Å². The third-order valence-corrected chi connectivity index (χ3v) is 4.75. The van der Waals surface area contributed by atoms with E-state index in [2.05, 4.69) is 0 Å². The second-order valence-corrected chi connectivity index (χ2v) is 8.53. The van der Waals surface area contributed by atoms with Crippen molar-refractivity contribution in [2.24, 2.45) is 0 Å². The van der Waals surface area contributed by atoms with Crippen molar-refractivity contribution in [3.05, 3.63) is 35.9 Å². The molecule has 1 aliphatic rings. The van der Waals surface area contributed by atoms with Gasteiger partial charge in [-0.15, -0.1) is 0 Å². The second kappa shape index (κ2) is 5.06. The summed E-state index contributed by atoms with van der Waals surface area (Å²) in [4.78, 5) is 0. The molecule has 0 spiro atoms. The minimum absolute atomic E-state index is 0.346.